The molecule has 4 aromatic heterocycles. The first kappa shape index (κ1) is 17.1. The number of sulfone groups is 1. The third kappa shape index (κ3) is 2.55. The van der Waals surface area contributed by atoms with Crippen molar-refractivity contribution < 1.29 is 8.42 Å². The molecule has 1 saturated heterocycles. The van der Waals surface area contributed by atoms with Crippen molar-refractivity contribution in [2.24, 2.45) is 0 Å². The molecule has 0 radical (unpaired) electrons. The van der Waals surface area contributed by atoms with Crippen molar-refractivity contribution in [1.29, 1.82) is 0 Å². The van der Waals surface area contributed by atoms with Crippen LogP contribution in [0.4, 0.5) is 0 Å². The lowest BCUT2D eigenvalue weighted by Gasteiger charge is -2.12. The summed E-state index contributed by atoms with van der Waals surface area (Å²) in [6, 6.07) is 1.70. The third-order valence-corrected chi connectivity index (χ3v) is 6.99. The van der Waals surface area contributed by atoms with E-state index in [9.17, 15) is 8.42 Å². The first-order chi connectivity index (χ1) is 13.4. The summed E-state index contributed by atoms with van der Waals surface area (Å²) in [7, 11) is -2.98. The van der Waals surface area contributed by atoms with Crippen molar-refractivity contribution in [3.63, 3.8) is 0 Å². The maximum atomic E-state index is 11.9. The Labute approximate surface area is 161 Å². The standard InChI is InChI=1S/C18H19N7O2S/c1-12-16(13(2)25(22-12)14-4-9-28(26,27)11-14)23-8-6-20-17(23)15-10-21-24-7-3-5-19-18(15)24/h3,5-8,10,14H,4,9,11H2,1-2H3. The SMILES string of the molecule is Cc1nn(C2CCS(=O)(=O)C2)c(C)c1-n1ccnc1-c1cnn2cccnc12. The van der Waals surface area contributed by atoms with Gasteiger partial charge < -0.3 is 0 Å². The van der Waals surface area contributed by atoms with Gasteiger partial charge in [-0.3, -0.25) is 9.25 Å². The van der Waals surface area contributed by atoms with E-state index in [-0.39, 0.29) is 17.5 Å². The number of hydrogen-bond donors (Lipinski definition) is 0. The highest BCUT2D eigenvalue weighted by Crippen LogP contribution is 2.31. The number of rotatable bonds is 3. The van der Waals surface area contributed by atoms with Crippen LogP contribution in [-0.2, 0) is 9.84 Å². The molecule has 5 rings (SSSR count). The van der Waals surface area contributed by atoms with Crippen LogP contribution in [0.25, 0.3) is 22.7 Å². The Morgan fingerprint density at radius 3 is 2.79 bits per heavy atom. The average Bonchev–Trinajstić information content (AvgIpc) is 3.41. The number of nitrogens with zero attached hydrogens (tertiary/aromatic N) is 7. The molecule has 28 heavy (non-hydrogen) atoms. The lowest BCUT2D eigenvalue weighted by Crippen LogP contribution is -2.14. The molecular weight excluding hydrogens is 378 g/mol. The van der Waals surface area contributed by atoms with Gasteiger partial charge in [0, 0.05) is 24.8 Å². The maximum absolute atomic E-state index is 11.9. The average molecular weight is 397 g/mol. The Morgan fingerprint density at radius 2 is 2.00 bits per heavy atom. The molecule has 0 saturated carbocycles. The highest BCUT2D eigenvalue weighted by atomic mass is 32.2. The van der Waals surface area contributed by atoms with Gasteiger partial charge in [0.05, 0.1) is 46.4 Å². The van der Waals surface area contributed by atoms with Crippen molar-refractivity contribution in [3.8, 4) is 17.1 Å². The van der Waals surface area contributed by atoms with Crippen molar-refractivity contribution in [2.75, 3.05) is 11.5 Å². The monoisotopic (exact) mass is 397 g/mol. The van der Waals surface area contributed by atoms with Crippen LogP contribution in [0.1, 0.15) is 23.9 Å². The molecule has 4 aromatic rings. The number of fused-ring (bicyclic) bond motifs is 1. The summed E-state index contributed by atoms with van der Waals surface area (Å²) in [5.74, 6) is 1.08. The van der Waals surface area contributed by atoms with Gasteiger partial charge in [0.1, 0.15) is 5.82 Å². The molecule has 0 bridgehead atoms. The Kier molecular flexibility index (Phi) is 3.66. The first-order valence-corrected chi connectivity index (χ1v) is 10.9. The first-order valence-electron chi connectivity index (χ1n) is 9.03. The molecule has 0 aliphatic carbocycles. The number of aromatic nitrogens is 7. The summed E-state index contributed by atoms with van der Waals surface area (Å²) in [5.41, 5.74) is 4.20. The Balaban J connectivity index is 1.63. The second-order valence-electron chi connectivity index (χ2n) is 7.09. The minimum atomic E-state index is -2.98. The van der Waals surface area contributed by atoms with Gasteiger partial charge in [0.15, 0.2) is 15.5 Å². The molecule has 0 amide bonds. The van der Waals surface area contributed by atoms with E-state index in [4.69, 9.17) is 0 Å². The highest BCUT2D eigenvalue weighted by Gasteiger charge is 2.32. The second-order valence-corrected chi connectivity index (χ2v) is 9.32. The van der Waals surface area contributed by atoms with Crippen LogP contribution in [0.2, 0.25) is 0 Å². The number of imidazole rings is 1. The molecule has 0 aromatic carbocycles. The Hall–Kier alpha value is -3.01. The number of aryl methyl sites for hydroxylation is 1. The quantitative estimate of drug-likeness (QED) is 0.522. The van der Waals surface area contributed by atoms with Gasteiger partial charge in [0.25, 0.3) is 0 Å². The predicted molar refractivity (Wildman–Crippen MR) is 103 cm³/mol. The van der Waals surface area contributed by atoms with E-state index in [2.05, 4.69) is 20.2 Å². The second kappa shape index (κ2) is 5.99. The summed E-state index contributed by atoms with van der Waals surface area (Å²) in [5, 5.41) is 9.02. The topological polar surface area (TPSA) is 100.0 Å². The van der Waals surface area contributed by atoms with Crippen LogP contribution < -0.4 is 0 Å². The van der Waals surface area contributed by atoms with Crippen LogP contribution in [0.3, 0.4) is 0 Å². The zero-order valence-electron chi connectivity index (χ0n) is 15.5. The van der Waals surface area contributed by atoms with Crippen molar-refractivity contribution in [1.82, 2.24) is 33.9 Å². The van der Waals surface area contributed by atoms with Gasteiger partial charge in [-0.05, 0) is 26.3 Å². The van der Waals surface area contributed by atoms with E-state index in [1.165, 1.54) is 0 Å². The van der Waals surface area contributed by atoms with E-state index >= 15 is 0 Å². The molecule has 1 aliphatic rings. The molecule has 1 fully saturated rings. The highest BCUT2D eigenvalue weighted by molar-refractivity contribution is 7.91. The summed E-state index contributed by atoms with van der Waals surface area (Å²) in [4.78, 5) is 8.95. The van der Waals surface area contributed by atoms with E-state index < -0.39 is 9.84 Å². The molecule has 144 valence electrons. The maximum Gasteiger partial charge on any atom is 0.165 e. The molecule has 1 unspecified atom stereocenters. The van der Waals surface area contributed by atoms with Crippen molar-refractivity contribution in [2.45, 2.75) is 26.3 Å². The van der Waals surface area contributed by atoms with Gasteiger partial charge in [-0.15, -0.1) is 0 Å². The van der Waals surface area contributed by atoms with E-state index in [1.807, 2.05) is 41.6 Å². The minimum absolute atomic E-state index is 0.122. The van der Waals surface area contributed by atoms with Gasteiger partial charge in [-0.2, -0.15) is 10.2 Å². The molecule has 5 heterocycles. The van der Waals surface area contributed by atoms with Crippen LogP contribution in [0.15, 0.2) is 37.1 Å². The largest absolute Gasteiger partial charge is 0.296 e. The summed E-state index contributed by atoms with van der Waals surface area (Å²) < 4.78 is 29.4. The lowest BCUT2D eigenvalue weighted by molar-refractivity contribution is 0.486. The summed E-state index contributed by atoms with van der Waals surface area (Å²) in [6.07, 6.45) is 9.53. The zero-order chi connectivity index (χ0) is 19.5. The Bertz CT molecular complexity index is 1300. The van der Waals surface area contributed by atoms with Crippen molar-refractivity contribution in [3.05, 3.63) is 48.4 Å². The van der Waals surface area contributed by atoms with Crippen LogP contribution in [0, 0.1) is 13.8 Å². The Morgan fingerprint density at radius 1 is 1.14 bits per heavy atom. The normalized spacial score (nSPS) is 18.9. The minimum Gasteiger partial charge on any atom is -0.296 e. The smallest absolute Gasteiger partial charge is 0.165 e. The molecule has 9 nitrogen and oxygen atoms in total. The fraction of sp³-hybridized carbons (Fsp3) is 0.333. The zero-order valence-corrected chi connectivity index (χ0v) is 16.3. The van der Waals surface area contributed by atoms with E-state index in [0.717, 1.165) is 34.1 Å². The fourth-order valence-electron chi connectivity index (χ4n) is 3.99. The molecule has 0 N–H and O–H groups in total. The van der Waals surface area contributed by atoms with E-state index in [1.54, 1.807) is 23.1 Å². The molecular formula is C18H19N7O2S. The van der Waals surface area contributed by atoms with Crippen LogP contribution >= 0.6 is 0 Å². The summed E-state index contributed by atoms with van der Waals surface area (Å²) >= 11 is 0. The molecule has 1 atom stereocenters. The van der Waals surface area contributed by atoms with Crippen LogP contribution in [-0.4, -0.2) is 53.9 Å². The third-order valence-electron chi connectivity index (χ3n) is 5.24. The van der Waals surface area contributed by atoms with Gasteiger partial charge in [-0.25, -0.2) is 22.9 Å². The van der Waals surface area contributed by atoms with E-state index in [0.29, 0.717) is 6.42 Å². The number of hydrogen-bond acceptors (Lipinski definition) is 6. The van der Waals surface area contributed by atoms with Gasteiger partial charge >= 0.3 is 0 Å². The molecule has 1 aliphatic heterocycles. The van der Waals surface area contributed by atoms with Crippen molar-refractivity contribution >= 4 is 15.5 Å². The predicted octanol–water partition coefficient (Wildman–Crippen LogP) is 1.75. The fourth-order valence-corrected chi connectivity index (χ4v) is 5.69. The lowest BCUT2D eigenvalue weighted by atomic mass is 10.2. The summed E-state index contributed by atoms with van der Waals surface area (Å²) in [6.45, 7) is 3.90. The molecule has 10 heteroatoms. The van der Waals surface area contributed by atoms with Gasteiger partial charge in [-0.1, -0.05) is 0 Å². The molecule has 0 spiro atoms. The van der Waals surface area contributed by atoms with Gasteiger partial charge in [0.2, 0.25) is 0 Å². The van der Waals surface area contributed by atoms with Crippen LogP contribution in [0.5, 0.6) is 0 Å².